The Morgan fingerprint density at radius 2 is 1.88 bits per heavy atom. The molecule has 0 aliphatic carbocycles. The number of fused-ring (bicyclic) bond motifs is 1. The highest BCUT2D eigenvalue weighted by Crippen LogP contribution is 2.17. The lowest BCUT2D eigenvalue weighted by Crippen LogP contribution is -1.99. The Bertz CT molecular complexity index is 683. The van der Waals surface area contributed by atoms with E-state index in [1.165, 1.54) is 0 Å². The van der Waals surface area contributed by atoms with Crippen molar-refractivity contribution in [1.82, 2.24) is 14.8 Å². The first-order valence-electron chi connectivity index (χ1n) is 5.62. The molecule has 0 saturated carbocycles. The van der Waals surface area contributed by atoms with Crippen LogP contribution >= 0.6 is 0 Å². The van der Waals surface area contributed by atoms with Crippen molar-refractivity contribution in [2.24, 2.45) is 0 Å². The Balaban J connectivity index is 2.21. The molecule has 3 nitrogen and oxygen atoms in total. The molecule has 0 N–H and O–H groups in total. The van der Waals surface area contributed by atoms with E-state index in [-0.39, 0.29) is 0 Å². The molecular formula is C14H13N3. The first-order chi connectivity index (χ1) is 8.24. The molecule has 0 saturated heterocycles. The topological polar surface area (TPSA) is 30.7 Å². The first-order valence-corrected chi connectivity index (χ1v) is 5.62. The van der Waals surface area contributed by atoms with E-state index in [4.69, 9.17) is 0 Å². The molecule has 1 aromatic carbocycles. The SMILES string of the molecule is Cc1cc(C)n(-c2cnc3ccccc3c2)n1. The monoisotopic (exact) mass is 223 g/mol. The molecule has 3 rings (SSSR count). The van der Waals surface area contributed by atoms with Crippen molar-refractivity contribution in [1.29, 1.82) is 0 Å². The summed E-state index contributed by atoms with van der Waals surface area (Å²) in [7, 11) is 0. The largest absolute Gasteiger partial charge is 0.254 e. The molecule has 0 unspecified atom stereocenters. The van der Waals surface area contributed by atoms with Crippen LogP contribution in [0.2, 0.25) is 0 Å². The van der Waals surface area contributed by atoms with Gasteiger partial charge in [-0.05, 0) is 32.0 Å². The molecule has 2 heterocycles. The van der Waals surface area contributed by atoms with Gasteiger partial charge in [-0.15, -0.1) is 0 Å². The van der Waals surface area contributed by atoms with Gasteiger partial charge in [-0.25, -0.2) is 4.68 Å². The van der Waals surface area contributed by atoms with Crippen molar-refractivity contribution in [2.45, 2.75) is 13.8 Å². The average Bonchev–Trinajstić information content (AvgIpc) is 2.68. The lowest BCUT2D eigenvalue weighted by atomic mass is 10.2. The van der Waals surface area contributed by atoms with Gasteiger partial charge < -0.3 is 0 Å². The predicted octanol–water partition coefficient (Wildman–Crippen LogP) is 3.04. The minimum Gasteiger partial charge on any atom is -0.254 e. The highest BCUT2D eigenvalue weighted by molar-refractivity contribution is 5.80. The van der Waals surface area contributed by atoms with E-state index < -0.39 is 0 Å². The molecule has 84 valence electrons. The summed E-state index contributed by atoms with van der Waals surface area (Å²) in [5.74, 6) is 0. The zero-order valence-corrected chi connectivity index (χ0v) is 9.88. The Hall–Kier alpha value is -2.16. The zero-order chi connectivity index (χ0) is 11.8. The van der Waals surface area contributed by atoms with Crippen LogP contribution in [-0.4, -0.2) is 14.8 Å². The van der Waals surface area contributed by atoms with Crippen LogP contribution in [0.3, 0.4) is 0 Å². The van der Waals surface area contributed by atoms with Gasteiger partial charge in [0.2, 0.25) is 0 Å². The smallest absolute Gasteiger partial charge is 0.0838 e. The van der Waals surface area contributed by atoms with E-state index in [1.807, 2.05) is 36.0 Å². The Kier molecular flexibility index (Phi) is 2.18. The fourth-order valence-corrected chi connectivity index (χ4v) is 2.07. The van der Waals surface area contributed by atoms with E-state index in [0.29, 0.717) is 0 Å². The van der Waals surface area contributed by atoms with Crippen LogP contribution in [0.1, 0.15) is 11.4 Å². The summed E-state index contributed by atoms with van der Waals surface area (Å²) in [6.45, 7) is 4.05. The van der Waals surface area contributed by atoms with Crippen LogP contribution < -0.4 is 0 Å². The molecule has 2 aromatic heterocycles. The van der Waals surface area contributed by atoms with Crippen molar-refractivity contribution >= 4 is 10.9 Å². The summed E-state index contributed by atoms with van der Waals surface area (Å²) >= 11 is 0. The maximum Gasteiger partial charge on any atom is 0.0838 e. The Labute approximate surface area is 99.7 Å². The first kappa shape index (κ1) is 10.0. The van der Waals surface area contributed by atoms with Crippen LogP contribution in [0.4, 0.5) is 0 Å². The van der Waals surface area contributed by atoms with Gasteiger partial charge >= 0.3 is 0 Å². The van der Waals surface area contributed by atoms with Crippen molar-refractivity contribution in [2.75, 3.05) is 0 Å². The third-order valence-electron chi connectivity index (χ3n) is 2.83. The maximum atomic E-state index is 4.46. The summed E-state index contributed by atoms with van der Waals surface area (Å²) in [6.07, 6.45) is 1.86. The van der Waals surface area contributed by atoms with Crippen molar-refractivity contribution in [3.63, 3.8) is 0 Å². The normalized spacial score (nSPS) is 10.9. The summed E-state index contributed by atoms with van der Waals surface area (Å²) in [5, 5.41) is 5.60. The van der Waals surface area contributed by atoms with Gasteiger partial charge in [0.25, 0.3) is 0 Å². The van der Waals surface area contributed by atoms with Gasteiger partial charge in [-0.1, -0.05) is 18.2 Å². The van der Waals surface area contributed by atoms with Crippen molar-refractivity contribution < 1.29 is 0 Å². The minimum absolute atomic E-state index is 1.01. The fraction of sp³-hybridized carbons (Fsp3) is 0.143. The molecule has 17 heavy (non-hydrogen) atoms. The van der Waals surface area contributed by atoms with E-state index >= 15 is 0 Å². The quantitative estimate of drug-likeness (QED) is 0.634. The second kappa shape index (κ2) is 3.70. The zero-order valence-electron chi connectivity index (χ0n) is 9.88. The fourth-order valence-electron chi connectivity index (χ4n) is 2.07. The van der Waals surface area contributed by atoms with Gasteiger partial charge in [0, 0.05) is 11.1 Å². The van der Waals surface area contributed by atoms with Crippen LogP contribution in [0, 0.1) is 13.8 Å². The molecule has 0 bridgehead atoms. The second-order valence-corrected chi connectivity index (χ2v) is 4.23. The van der Waals surface area contributed by atoms with E-state index in [1.54, 1.807) is 0 Å². The summed E-state index contributed by atoms with van der Waals surface area (Å²) in [4.78, 5) is 4.45. The highest BCUT2D eigenvalue weighted by Gasteiger charge is 2.04. The van der Waals surface area contributed by atoms with Gasteiger partial charge in [0.15, 0.2) is 0 Å². The number of benzene rings is 1. The van der Waals surface area contributed by atoms with E-state index in [9.17, 15) is 0 Å². The molecule has 3 aromatic rings. The second-order valence-electron chi connectivity index (χ2n) is 4.23. The number of nitrogens with zero attached hydrogens (tertiary/aromatic N) is 3. The highest BCUT2D eigenvalue weighted by atomic mass is 15.3. The van der Waals surface area contributed by atoms with Gasteiger partial charge in [-0.2, -0.15) is 5.10 Å². The molecule has 0 aliphatic heterocycles. The lowest BCUT2D eigenvalue weighted by Gasteiger charge is -2.05. The van der Waals surface area contributed by atoms with Gasteiger partial charge in [0.05, 0.1) is 23.1 Å². The third kappa shape index (κ3) is 1.69. The molecule has 0 atom stereocenters. The predicted molar refractivity (Wildman–Crippen MR) is 68.3 cm³/mol. The molecule has 0 radical (unpaired) electrons. The van der Waals surface area contributed by atoms with E-state index in [2.05, 4.69) is 35.2 Å². The number of para-hydroxylation sites is 1. The van der Waals surface area contributed by atoms with Crippen molar-refractivity contribution in [3.05, 3.63) is 54.0 Å². The molecule has 3 heteroatoms. The maximum absolute atomic E-state index is 4.46. The standard InChI is InChI=1S/C14H13N3/c1-10-7-11(2)17(16-10)13-8-12-5-3-4-6-14(12)15-9-13/h3-9H,1-2H3. The molecule has 0 spiro atoms. The summed E-state index contributed by atoms with van der Waals surface area (Å²) in [6, 6.07) is 12.3. The molecule has 0 amide bonds. The molecule has 0 aliphatic rings. The number of pyridine rings is 1. The molecule has 0 fully saturated rings. The number of rotatable bonds is 1. The van der Waals surface area contributed by atoms with Crippen LogP contribution in [0.25, 0.3) is 16.6 Å². The Morgan fingerprint density at radius 1 is 1.06 bits per heavy atom. The number of aromatic nitrogens is 3. The molecular weight excluding hydrogens is 210 g/mol. The van der Waals surface area contributed by atoms with Gasteiger partial charge in [0.1, 0.15) is 0 Å². The third-order valence-corrected chi connectivity index (χ3v) is 2.83. The minimum atomic E-state index is 1.01. The van der Waals surface area contributed by atoms with E-state index in [0.717, 1.165) is 28.0 Å². The summed E-state index contributed by atoms with van der Waals surface area (Å²) in [5.41, 5.74) is 4.17. The van der Waals surface area contributed by atoms with Gasteiger partial charge in [-0.3, -0.25) is 4.98 Å². The summed E-state index contributed by atoms with van der Waals surface area (Å²) < 4.78 is 1.93. The number of aryl methyl sites for hydroxylation is 2. The number of hydrogen-bond acceptors (Lipinski definition) is 2. The van der Waals surface area contributed by atoms with Crippen LogP contribution in [0.15, 0.2) is 42.6 Å². The Morgan fingerprint density at radius 3 is 2.65 bits per heavy atom. The van der Waals surface area contributed by atoms with Crippen LogP contribution in [0.5, 0.6) is 0 Å². The van der Waals surface area contributed by atoms with Crippen LogP contribution in [-0.2, 0) is 0 Å². The average molecular weight is 223 g/mol. The number of hydrogen-bond donors (Lipinski definition) is 0. The lowest BCUT2D eigenvalue weighted by molar-refractivity contribution is 0.831. The van der Waals surface area contributed by atoms with Crippen molar-refractivity contribution in [3.8, 4) is 5.69 Å².